The fourth-order valence-electron chi connectivity index (χ4n) is 5.71. The number of amides is 3. The first-order valence-electron chi connectivity index (χ1n) is 10.8. The molecule has 1 aliphatic carbocycles. The van der Waals surface area contributed by atoms with E-state index in [0.717, 1.165) is 12.1 Å². The Labute approximate surface area is 201 Å². The van der Waals surface area contributed by atoms with Crippen LogP contribution in [0.2, 0.25) is 0 Å². The zero-order valence-electron chi connectivity index (χ0n) is 18.4. The van der Waals surface area contributed by atoms with Gasteiger partial charge in [0.15, 0.2) is 6.10 Å². The minimum atomic E-state index is -4.99. The highest BCUT2D eigenvalue weighted by Crippen LogP contribution is 2.57. The molecule has 3 aliphatic heterocycles. The Morgan fingerprint density at radius 3 is 2.51 bits per heavy atom. The number of aromatic nitrogens is 2. The second-order valence-corrected chi connectivity index (χ2v) is 9.18. The van der Waals surface area contributed by atoms with E-state index in [1.807, 2.05) is 0 Å². The summed E-state index contributed by atoms with van der Waals surface area (Å²) in [5.41, 5.74) is -1.72. The van der Waals surface area contributed by atoms with Crippen molar-refractivity contribution in [3.63, 3.8) is 0 Å². The van der Waals surface area contributed by atoms with Gasteiger partial charge in [-0.1, -0.05) is 5.16 Å². The predicted octanol–water partition coefficient (Wildman–Crippen LogP) is 3.07. The fourth-order valence-corrected chi connectivity index (χ4v) is 5.71. The molecular formula is C21H14F7N5O4. The van der Waals surface area contributed by atoms with E-state index in [1.165, 1.54) is 11.8 Å². The lowest BCUT2D eigenvalue weighted by molar-refractivity contribution is -0.237. The third-order valence-corrected chi connectivity index (χ3v) is 7.16. The van der Waals surface area contributed by atoms with Gasteiger partial charge >= 0.3 is 24.3 Å². The molecule has 2 saturated heterocycles. The molecule has 4 heterocycles. The molecule has 0 radical (unpaired) electrons. The van der Waals surface area contributed by atoms with Crippen LogP contribution in [-0.2, 0) is 22.1 Å². The number of halogens is 7. The number of nitrogens with zero attached hydrogens (tertiary/aromatic N) is 3. The molecule has 1 spiro atoms. The zero-order valence-corrected chi connectivity index (χ0v) is 18.4. The van der Waals surface area contributed by atoms with E-state index in [1.54, 1.807) is 0 Å². The number of benzene rings is 1. The number of urea groups is 1. The summed E-state index contributed by atoms with van der Waals surface area (Å²) in [6.45, 7) is 0.644. The number of ether oxygens (including phenoxy) is 1. The van der Waals surface area contributed by atoms with Crippen LogP contribution in [-0.4, -0.2) is 53.0 Å². The van der Waals surface area contributed by atoms with Gasteiger partial charge in [0, 0.05) is 11.4 Å². The fraction of sp³-hybridized carbons (Fsp3) is 0.429. The molecule has 37 heavy (non-hydrogen) atoms. The van der Waals surface area contributed by atoms with Gasteiger partial charge in [0.25, 0.3) is 0 Å². The van der Waals surface area contributed by atoms with Crippen LogP contribution >= 0.6 is 0 Å². The van der Waals surface area contributed by atoms with Crippen molar-refractivity contribution < 1.29 is 49.6 Å². The van der Waals surface area contributed by atoms with E-state index in [9.17, 15) is 35.9 Å². The summed E-state index contributed by atoms with van der Waals surface area (Å²) >= 11 is 0. The van der Waals surface area contributed by atoms with Crippen LogP contribution in [0.3, 0.4) is 0 Å². The van der Waals surface area contributed by atoms with Crippen molar-refractivity contribution in [2.75, 3.05) is 11.4 Å². The number of morpholine rings is 1. The highest BCUT2D eigenvalue weighted by Gasteiger charge is 2.67. The molecule has 16 heteroatoms. The van der Waals surface area contributed by atoms with Crippen LogP contribution in [0.1, 0.15) is 18.4 Å². The van der Waals surface area contributed by atoms with Crippen molar-refractivity contribution in [1.82, 2.24) is 20.8 Å². The molecule has 2 aromatic rings. The quantitative estimate of drug-likeness (QED) is 0.543. The van der Waals surface area contributed by atoms with Crippen molar-refractivity contribution in [1.29, 1.82) is 0 Å². The summed E-state index contributed by atoms with van der Waals surface area (Å²) in [7, 11) is 0. The number of hydrogen-bond donors (Lipinski definition) is 2. The van der Waals surface area contributed by atoms with Gasteiger partial charge in [-0.25, -0.2) is 9.18 Å². The predicted molar refractivity (Wildman–Crippen MR) is 106 cm³/mol. The van der Waals surface area contributed by atoms with Gasteiger partial charge in [0.2, 0.25) is 11.7 Å². The molecule has 6 rings (SSSR count). The molecule has 0 bridgehead atoms. The lowest BCUT2D eigenvalue weighted by Crippen LogP contribution is -2.70. The summed E-state index contributed by atoms with van der Waals surface area (Å²) in [6, 6.07) is 0.00723. The van der Waals surface area contributed by atoms with E-state index >= 15 is 4.39 Å². The maximum absolute atomic E-state index is 15.2. The van der Waals surface area contributed by atoms with E-state index in [0.29, 0.717) is 0 Å². The maximum Gasteiger partial charge on any atom is 0.471 e. The summed E-state index contributed by atoms with van der Waals surface area (Å²) in [4.78, 5) is 29.8. The van der Waals surface area contributed by atoms with Crippen LogP contribution in [0.4, 0.5) is 41.2 Å². The monoisotopic (exact) mass is 533 g/mol. The molecule has 1 aromatic carbocycles. The van der Waals surface area contributed by atoms with Gasteiger partial charge in [-0.05, 0) is 36.6 Å². The highest BCUT2D eigenvalue weighted by atomic mass is 19.4. The first-order chi connectivity index (χ1) is 17.2. The number of rotatable bonds is 1. The molecule has 0 saturated carbocycles. The van der Waals surface area contributed by atoms with Crippen molar-refractivity contribution >= 4 is 17.6 Å². The molecule has 2 N–H and O–H groups in total. The number of carbonyl (C=O) groups is 2. The molecule has 1 unspecified atom stereocenters. The second-order valence-electron chi connectivity index (χ2n) is 9.18. The SMILES string of the molecule is CC1=C2NC(=O)NC(=O)C23Cc2cc(-c4noc(C(F)(F)F)n4)c(F)cc2N2C[C@@H](C(F)(F)F)O[C@@H]1[C@@H]23. The molecule has 196 valence electrons. The van der Waals surface area contributed by atoms with E-state index in [2.05, 4.69) is 25.3 Å². The Bertz CT molecular complexity index is 1400. The lowest BCUT2D eigenvalue weighted by atomic mass is 9.69. The maximum atomic E-state index is 15.2. The Morgan fingerprint density at radius 2 is 1.86 bits per heavy atom. The van der Waals surface area contributed by atoms with E-state index in [-0.39, 0.29) is 28.9 Å². The standard InChI is InChI=1S/C21H14F7N5O4/c1-6-12-14-19(13(6)29-18(35)31-16(19)34)4-7-2-8(15-30-17(37-32-15)21(26,27)28)9(22)3-10(7)33(14)5-11(36-12)20(23,24)25/h2-3,11-12,14H,4-5H2,1H3,(H2,29,31,34,35)/t11-,12-,14+,19?/m0/s1. The van der Waals surface area contributed by atoms with Gasteiger partial charge in [0.05, 0.1) is 18.2 Å². The van der Waals surface area contributed by atoms with Crippen LogP contribution in [0.15, 0.2) is 27.9 Å². The number of carbonyl (C=O) groups excluding carboxylic acids is 2. The number of hydrogen-bond acceptors (Lipinski definition) is 7. The average Bonchev–Trinajstić information content (AvgIpc) is 3.38. The number of alkyl halides is 6. The van der Waals surface area contributed by atoms with E-state index < -0.39 is 77.6 Å². The lowest BCUT2D eigenvalue weighted by Gasteiger charge is -2.54. The van der Waals surface area contributed by atoms with Gasteiger partial charge in [-0.15, -0.1) is 0 Å². The number of imide groups is 1. The van der Waals surface area contributed by atoms with Crippen molar-refractivity contribution in [2.24, 2.45) is 5.41 Å². The van der Waals surface area contributed by atoms with Gasteiger partial charge in [-0.2, -0.15) is 31.3 Å². The summed E-state index contributed by atoms with van der Waals surface area (Å²) < 4.78 is 105. The minimum Gasteiger partial charge on any atom is -0.361 e. The highest BCUT2D eigenvalue weighted by molar-refractivity contribution is 6.05. The van der Waals surface area contributed by atoms with Gasteiger partial charge in [0.1, 0.15) is 17.3 Å². The normalized spacial score (nSPS) is 29.0. The number of fused-ring (bicyclic) bond motifs is 2. The van der Waals surface area contributed by atoms with E-state index in [4.69, 9.17) is 4.74 Å². The molecular weight excluding hydrogens is 519 g/mol. The van der Waals surface area contributed by atoms with Crippen molar-refractivity contribution in [3.8, 4) is 11.4 Å². The molecule has 2 fully saturated rings. The third-order valence-electron chi connectivity index (χ3n) is 7.16. The summed E-state index contributed by atoms with van der Waals surface area (Å²) in [5, 5.41) is 7.82. The Kier molecular flexibility index (Phi) is 4.61. The minimum absolute atomic E-state index is 0.00212. The topological polar surface area (TPSA) is 110 Å². The first-order valence-corrected chi connectivity index (χ1v) is 10.8. The second kappa shape index (κ2) is 7.20. The van der Waals surface area contributed by atoms with Crippen LogP contribution in [0.5, 0.6) is 0 Å². The van der Waals surface area contributed by atoms with Crippen molar-refractivity contribution in [3.05, 3.63) is 40.7 Å². The summed E-state index contributed by atoms with van der Waals surface area (Å²) in [6.07, 6.45) is -13.6. The molecule has 4 atom stereocenters. The Morgan fingerprint density at radius 1 is 1.14 bits per heavy atom. The van der Waals surface area contributed by atoms with Crippen LogP contribution < -0.4 is 15.5 Å². The zero-order chi connectivity index (χ0) is 26.7. The molecule has 4 aliphatic rings. The average molecular weight is 533 g/mol. The smallest absolute Gasteiger partial charge is 0.361 e. The first kappa shape index (κ1) is 23.7. The van der Waals surface area contributed by atoms with Crippen LogP contribution in [0.25, 0.3) is 11.4 Å². The largest absolute Gasteiger partial charge is 0.471 e. The molecule has 9 nitrogen and oxygen atoms in total. The number of anilines is 1. The Balaban J connectivity index is 1.54. The number of nitrogens with one attached hydrogen (secondary N) is 2. The van der Waals surface area contributed by atoms with Crippen molar-refractivity contribution in [2.45, 2.75) is 43.9 Å². The Hall–Kier alpha value is -3.69. The van der Waals surface area contributed by atoms with Crippen LogP contribution in [0, 0.1) is 11.2 Å². The molecule has 3 amide bonds. The molecule has 1 aromatic heterocycles. The third kappa shape index (κ3) is 3.20. The summed E-state index contributed by atoms with van der Waals surface area (Å²) in [5.74, 6) is -4.36. The van der Waals surface area contributed by atoms with Gasteiger partial charge < -0.3 is 19.5 Å². The van der Waals surface area contributed by atoms with Gasteiger partial charge in [-0.3, -0.25) is 10.1 Å².